The summed E-state index contributed by atoms with van der Waals surface area (Å²) in [5.74, 6) is 0. The highest BCUT2D eigenvalue weighted by Crippen LogP contribution is 2.18. The second kappa shape index (κ2) is 7.43. The highest BCUT2D eigenvalue weighted by molar-refractivity contribution is 5.35. The molecule has 0 saturated carbocycles. The third-order valence-corrected chi connectivity index (χ3v) is 4.24. The molecule has 1 aromatic heterocycles. The van der Waals surface area contributed by atoms with E-state index in [9.17, 15) is 5.11 Å². The van der Waals surface area contributed by atoms with Crippen molar-refractivity contribution in [2.75, 3.05) is 6.54 Å². The molecule has 0 aliphatic carbocycles. The molecule has 3 rings (SSSR count). The molecule has 0 spiro atoms. The molecule has 124 valence electrons. The molecule has 0 bridgehead atoms. The average molecular weight is 321 g/mol. The van der Waals surface area contributed by atoms with E-state index in [-0.39, 0.29) is 6.04 Å². The summed E-state index contributed by atoms with van der Waals surface area (Å²) < 4.78 is 1.98. The van der Waals surface area contributed by atoms with E-state index in [2.05, 4.69) is 41.5 Å². The zero-order valence-electron chi connectivity index (χ0n) is 14.1. The van der Waals surface area contributed by atoms with Crippen LogP contribution in [0.5, 0.6) is 0 Å². The van der Waals surface area contributed by atoms with Crippen molar-refractivity contribution >= 4 is 0 Å². The highest BCUT2D eigenvalue weighted by atomic mass is 16.3. The van der Waals surface area contributed by atoms with Crippen molar-refractivity contribution in [2.45, 2.75) is 26.0 Å². The van der Waals surface area contributed by atoms with Gasteiger partial charge in [-0.25, -0.2) is 4.98 Å². The minimum atomic E-state index is -0.502. The van der Waals surface area contributed by atoms with Crippen LogP contribution in [-0.4, -0.2) is 21.2 Å². The lowest BCUT2D eigenvalue weighted by molar-refractivity contribution is 0.170. The summed E-state index contributed by atoms with van der Waals surface area (Å²) in [6.07, 6.45) is 4.98. The highest BCUT2D eigenvalue weighted by Gasteiger charge is 2.11. The molecular formula is C20H23N3O. The summed E-state index contributed by atoms with van der Waals surface area (Å²) in [7, 11) is 0. The van der Waals surface area contributed by atoms with Gasteiger partial charge in [-0.1, -0.05) is 42.0 Å². The van der Waals surface area contributed by atoms with Gasteiger partial charge >= 0.3 is 0 Å². The summed E-state index contributed by atoms with van der Waals surface area (Å²) in [5, 5.41) is 13.7. The Balaban J connectivity index is 1.59. The van der Waals surface area contributed by atoms with Crippen molar-refractivity contribution in [3.05, 3.63) is 83.9 Å². The minimum absolute atomic E-state index is 0.168. The number of rotatable bonds is 6. The molecule has 1 heterocycles. The standard InChI is InChI=1S/C20H23N3O/c1-15-4-3-5-18(12-15)20(24)13-22-16(2)17-6-8-19(9-7-17)23-11-10-21-14-23/h3-12,14,16,20,22,24H,13H2,1-2H3. The smallest absolute Gasteiger partial charge is 0.0991 e. The molecule has 0 aliphatic heterocycles. The number of benzene rings is 2. The van der Waals surface area contributed by atoms with Crippen LogP contribution < -0.4 is 5.32 Å². The first-order chi connectivity index (χ1) is 11.6. The number of aliphatic hydroxyl groups is 1. The third-order valence-electron chi connectivity index (χ3n) is 4.24. The first-order valence-electron chi connectivity index (χ1n) is 8.20. The van der Waals surface area contributed by atoms with E-state index in [4.69, 9.17) is 0 Å². The summed E-state index contributed by atoms with van der Waals surface area (Å²) in [6, 6.07) is 16.5. The molecule has 0 radical (unpaired) electrons. The SMILES string of the molecule is Cc1cccc(C(O)CNC(C)c2ccc(-n3ccnc3)cc2)c1. The Hall–Kier alpha value is -2.43. The summed E-state index contributed by atoms with van der Waals surface area (Å²) in [4.78, 5) is 4.06. The van der Waals surface area contributed by atoms with Crippen molar-refractivity contribution in [3.63, 3.8) is 0 Å². The van der Waals surface area contributed by atoms with Gasteiger partial charge in [0.05, 0.1) is 12.4 Å². The molecule has 4 nitrogen and oxygen atoms in total. The van der Waals surface area contributed by atoms with Crippen LogP contribution in [0, 0.1) is 6.92 Å². The summed E-state index contributed by atoms with van der Waals surface area (Å²) in [6.45, 7) is 4.66. The van der Waals surface area contributed by atoms with E-state index in [1.54, 1.807) is 12.5 Å². The molecule has 2 N–H and O–H groups in total. The van der Waals surface area contributed by atoms with Crippen molar-refractivity contribution < 1.29 is 5.11 Å². The Morgan fingerprint density at radius 2 is 1.92 bits per heavy atom. The van der Waals surface area contributed by atoms with Gasteiger partial charge in [-0.3, -0.25) is 0 Å². The fourth-order valence-corrected chi connectivity index (χ4v) is 2.75. The molecule has 0 aliphatic rings. The van der Waals surface area contributed by atoms with E-state index in [1.165, 1.54) is 5.56 Å². The van der Waals surface area contributed by atoms with Crippen LogP contribution in [0.1, 0.15) is 35.8 Å². The first kappa shape index (κ1) is 16.4. The molecule has 0 fully saturated rings. The van der Waals surface area contributed by atoms with Crippen LogP contribution in [0.25, 0.3) is 5.69 Å². The molecule has 0 amide bonds. The lowest BCUT2D eigenvalue weighted by atomic mass is 10.0. The predicted octanol–water partition coefficient (Wildman–Crippen LogP) is 3.56. The zero-order valence-corrected chi connectivity index (χ0v) is 14.1. The third kappa shape index (κ3) is 3.91. The zero-order chi connectivity index (χ0) is 16.9. The van der Waals surface area contributed by atoms with Gasteiger partial charge in [0.25, 0.3) is 0 Å². The van der Waals surface area contributed by atoms with Gasteiger partial charge in [0, 0.05) is 30.7 Å². The van der Waals surface area contributed by atoms with Crippen LogP contribution >= 0.6 is 0 Å². The fourth-order valence-electron chi connectivity index (χ4n) is 2.75. The maximum absolute atomic E-state index is 10.3. The van der Waals surface area contributed by atoms with Gasteiger partial charge in [-0.15, -0.1) is 0 Å². The number of aryl methyl sites for hydroxylation is 1. The van der Waals surface area contributed by atoms with Crippen LogP contribution in [0.2, 0.25) is 0 Å². The van der Waals surface area contributed by atoms with Crippen LogP contribution in [0.3, 0.4) is 0 Å². The van der Waals surface area contributed by atoms with E-state index in [0.717, 1.165) is 16.8 Å². The number of aliphatic hydroxyl groups excluding tert-OH is 1. The van der Waals surface area contributed by atoms with Gasteiger partial charge in [0.2, 0.25) is 0 Å². The van der Waals surface area contributed by atoms with Crippen molar-refractivity contribution in [1.82, 2.24) is 14.9 Å². The average Bonchev–Trinajstić information content (AvgIpc) is 3.14. The Morgan fingerprint density at radius 1 is 1.12 bits per heavy atom. The molecule has 3 aromatic rings. The molecule has 24 heavy (non-hydrogen) atoms. The normalized spacial score (nSPS) is 13.6. The first-order valence-corrected chi connectivity index (χ1v) is 8.20. The molecular weight excluding hydrogens is 298 g/mol. The number of hydrogen-bond donors (Lipinski definition) is 2. The second-order valence-electron chi connectivity index (χ2n) is 6.12. The molecule has 2 unspecified atom stereocenters. The van der Waals surface area contributed by atoms with Crippen molar-refractivity contribution in [3.8, 4) is 5.69 Å². The maximum Gasteiger partial charge on any atom is 0.0991 e. The number of nitrogens with zero attached hydrogens (tertiary/aromatic N) is 2. The van der Waals surface area contributed by atoms with Crippen molar-refractivity contribution in [1.29, 1.82) is 0 Å². The Labute approximate surface area is 142 Å². The van der Waals surface area contributed by atoms with Crippen molar-refractivity contribution in [2.24, 2.45) is 0 Å². The Bertz CT molecular complexity index is 766. The second-order valence-corrected chi connectivity index (χ2v) is 6.12. The lowest BCUT2D eigenvalue weighted by Crippen LogP contribution is -2.24. The monoisotopic (exact) mass is 321 g/mol. The largest absolute Gasteiger partial charge is 0.387 e. The van der Waals surface area contributed by atoms with E-state index in [1.807, 2.05) is 42.0 Å². The quantitative estimate of drug-likeness (QED) is 0.730. The molecule has 0 saturated heterocycles. The Morgan fingerprint density at radius 3 is 2.58 bits per heavy atom. The molecule has 4 heteroatoms. The summed E-state index contributed by atoms with van der Waals surface area (Å²) >= 11 is 0. The molecule has 2 atom stereocenters. The van der Waals surface area contributed by atoms with Gasteiger partial charge in [-0.2, -0.15) is 0 Å². The van der Waals surface area contributed by atoms with Gasteiger partial charge in [-0.05, 0) is 37.1 Å². The number of hydrogen-bond acceptors (Lipinski definition) is 3. The van der Waals surface area contributed by atoms with Gasteiger partial charge in [0.15, 0.2) is 0 Å². The Kier molecular flexibility index (Phi) is 5.08. The number of aromatic nitrogens is 2. The van der Waals surface area contributed by atoms with Gasteiger partial charge in [0.1, 0.15) is 0 Å². The minimum Gasteiger partial charge on any atom is -0.387 e. The van der Waals surface area contributed by atoms with Crippen LogP contribution in [-0.2, 0) is 0 Å². The maximum atomic E-state index is 10.3. The van der Waals surface area contributed by atoms with Crippen LogP contribution in [0.15, 0.2) is 67.3 Å². The van der Waals surface area contributed by atoms with Crippen LogP contribution in [0.4, 0.5) is 0 Å². The summed E-state index contributed by atoms with van der Waals surface area (Å²) in [5.41, 5.74) is 4.39. The fraction of sp³-hybridized carbons (Fsp3) is 0.250. The predicted molar refractivity (Wildman–Crippen MR) is 96.1 cm³/mol. The molecule has 2 aromatic carbocycles. The topological polar surface area (TPSA) is 50.1 Å². The lowest BCUT2D eigenvalue weighted by Gasteiger charge is -2.18. The van der Waals surface area contributed by atoms with Gasteiger partial charge < -0.3 is 15.0 Å². The van der Waals surface area contributed by atoms with E-state index >= 15 is 0 Å². The van der Waals surface area contributed by atoms with E-state index < -0.39 is 6.10 Å². The number of imidazole rings is 1. The number of nitrogens with one attached hydrogen (secondary N) is 1. The van der Waals surface area contributed by atoms with E-state index in [0.29, 0.717) is 6.54 Å².